The maximum absolute atomic E-state index is 14.8. The fraction of sp³-hybridized carbons (Fsp3) is 0.824. The van der Waals surface area contributed by atoms with Crippen LogP contribution in [-0.4, -0.2) is 189 Å². The van der Waals surface area contributed by atoms with E-state index in [2.05, 4.69) is 63.8 Å². The Morgan fingerprint density at radius 2 is 0.340 bits per heavy atom. The number of amides is 13. The Kier molecular flexibility index (Phi) is 52.4. The van der Waals surface area contributed by atoms with Crippen LogP contribution in [0, 0.1) is 35.5 Å². The molecule has 0 aromatic carbocycles. The number of unbranched alkanes of at least 4 members (excludes halogenated alkanes) is 6. The zero-order valence-electron chi connectivity index (χ0n) is 66.5. The van der Waals surface area contributed by atoms with E-state index in [-0.39, 0.29) is 132 Å². The number of carbonyl (C=O) groups excluding carboxylic acids is 13. The fourth-order valence-corrected chi connectivity index (χ4v) is 12.0. The first-order valence-electron chi connectivity index (χ1n) is 39.1. The molecule has 26 N–H and O–H groups in total. The van der Waals surface area contributed by atoms with E-state index in [0.29, 0.717) is 96.7 Å². The van der Waals surface area contributed by atoms with Crippen molar-refractivity contribution in [2.45, 2.75) is 317 Å². The molecule has 0 aromatic heterocycles. The van der Waals surface area contributed by atoms with Crippen molar-refractivity contribution in [3.05, 3.63) is 0 Å². The fourth-order valence-electron chi connectivity index (χ4n) is 12.0. The van der Waals surface area contributed by atoms with Crippen molar-refractivity contribution in [3.63, 3.8) is 0 Å². The number of primary amides is 1. The highest BCUT2D eigenvalue weighted by Gasteiger charge is 2.38. The first kappa shape index (κ1) is 98.9. The van der Waals surface area contributed by atoms with Gasteiger partial charge in [0.1, 0.15) is 72.5 Å². The average molecular weight is 1510 g/mol. The molecular weight excluding hydrogens is 1360 g/mol. The number of rotatable bonds is 60. The van der Waals surface area contributed by atoms with Crippen LogP contribution in [0.2, 0.25) is 0 Å². The van der Waals surface area contributed by atoms with Gasteiger partial charge in [0.2, 0.25) is 76.8 Å². The molecule has 12 atom stereocenters. The largest absolute Gasteiger partial charge is 0.368 e. The van der Waals surface area contributed by atoms with Gasteiger partial charge < -0.3 is 104 Å². The average Bonchev–Trinajstić information content (AvgIpc) is 0.859. The second kappa shape index (κ2) is 56.2. The van der Waals surface area contributed by atoms with E-state index in [4.69, 9.17) is 40.1 Å². The van der Waals surface area contributed by atoms with Crippen LogP contribution in [-0.2, 0) is 62.3 Å². The summed E-state index contributed by atoms with van der Waals surface area (Å²) >= 11 is 0. The van der Waals surface area contributed by atoms with Gasteiger partial charge in [-0.25, -0.2) is 0 Å². The van der Waals surface area contributed by atoms with Crippen LogP contribution in [0.25, 0.3) is 0 Å². The number of hydrogen-bond donors (Lipinski definition) is 19. The molecule has 0 heterocycles. The molecule has 0 radical (unpaired) electrons. The van der Waals surface area contributed by atoms with Gasteiger partial charge in [-0.2, -0.15) is 0 Å². The van der Waals surface area contributed by atoms with Crippen LogP contribution in [0.4, 0.5) is 0 Å². The standard InChI is InChI=1S/C74H143N19O13/c1-44(2)38-57(63(81)95)88-72(104)60(41-47(7)8)89-68(100)55(30-18-24-36-79)84-65(97)52(27-15-21-33-76)86-71(103)59(40-46(5)6)93-74(106)62(43-49(11)12)91-69(101)56(31-19-25-37-80)85-66(98)53(28-16-22-34-77)87-70(102)58(39-45(3)4)92-73(105)61(42-48(9)10)90-67(99)54(29-17-23-35-78)83-64(96)51(82-50(13)94)26-14-20-32-75/h44-49,51-62H,14-43,75-80H2,1-13H3,(H2,81,95)(H,82,94)(H,83,96)(H,84,97)(H,85,98)(H,86,103)(H,87,102)(H,88,104)(H,89,100)(H,90,99)(H,91,101)(H,92,105)(H,93,106)/t51-,52-,53-,54-,55-,56-,57-,58-,59-,60-,61-,62-/m0/s1. The van der Waals surface area contributed by atoms with Gasteiger partial charge >= 0.3 is 0 Å². The van der Waals surface area contributed by atoms with Gasteiger partial charge in [-0.15, -0.1) is 0 Å². The summed E-state index contributed by atoms with van der Waals surface area (Å²) in [5.41, 5.74) is 40.7. The minimum Gasteiger partial charge on any atom is -0.368 e. The third kappa shape index (κ3) is 43.6. The maximum Gasteiger partial charge on any atom is 0.243 e. The second-order valence-corrected chi connectivity index (χ2v) is 30.8. The summed E-state index contributed by atoms with van der Waals surface area (Å²) in [7, 11) is 0. The first-order chi connectivity index (χ1) is 50.0. The van der Waals surface area contributed by atoms with Crippen molar-refractivity contribution in [2.24, 2.45) is 75.6 Å². The molecule has 0 aromatic rings. The Bertz CT molecular complexity index is 2650. The van der Waals surface area contributed by atoms with E-state index in [1.165, 1.54) is 6.92 Å². The van der Waals surface area contributed by atoms with Gasteiger partial charge in [-0.3, -0.25) is 62.3 Å². The third-order valence-electron chi connectivity index (χ3n) is 17.6. The highest BCUT2D eigenvalue weighted by molar-refractivity contribution is 5.99. The normalized spacial score (nSPS) is 15.0. The summed E-state index contributed by atoms with van der Waals surface area (Å²) in [4.78, 5) is 183. The summed E-state index contributed by atoms with van der Waals surface area (Å²) in [5, 5.41) is 33.5. The SMILES string of the molecule is CC(=O)N[C@@H](CCCCN)C(=O)N[C@@H](CCCCN)C(=O)N[C@@H](CC(C)C)C(=O)N[C@@H](CC(C)C)C(=O)N[C@@H](CCCCN)C(=O)N[C@@H](CCCCN)C(=O)N[C@@H](CC(C)C)C(=O)N[C@@H](CC(C)C)C(=O)N[C@@H](CCCCN)C(=O)N[C@@H](CCCCN)C(=O)N[C@@H](CC(C)C)C(=O)N[C@@H](CC(C)C)C(N)=O. The Morgan fingerprint density at radius 1 is 0.208 bits per heavy atom. The number of carbonyl (C=O) groups is 13. The van der Waals surface area contributed by atoms with E-state index < -0.39 is 149 Å². The van der Waals surface area contributed by atoms with Gasteiger partial charge in [-0.05, 0) is 229 Å². The number of nitrogens with two attached hydrogens (primary N) is 7. The topological polar surface area (TPSA) is 548 Å². The predicted molar refractivity (Wildman–Crippen MR) is 412 cm³/mol. The lowest BCUT2D eigenvalue weighted by Crippen LogP contribution is -2.61. The van der Waals surface area contributed by atoms with Crippen molar-refractivity contribution < 1.29 is 62.3 Å². The summed E-state index contributed by atoms with van der Waals surface area (Å²) in [6.45, 7) is 25.3. The maximum atomic E-state index is 14.8. The quantitative estimate of drug-likeness (QED) is 0.0366. The molecule has 0 saturated heterocycles. The molecule has 0 aliphatic carbocycles. The molecule has 106 heavy (non-hydrogen) atoms. The van der Waals surface area contributed by atoms with Crippen molar-refractivity contribution in [1.82, 2.24) is 63.8 Å². The molecule has 32 heteroatoms. The summed E-state index contributed by atoms with van der Waals surface area (Å²) in [6, 6.07) is -14.2. The van der Waals surface area contributed by atoms with Crippen LogP contribution in [0.5, 0.6) is 0 Å². The molecule has 0 aliphatic rings. The Hall–Kier alpha value is -7.13. The Morgan fingerprint density at radius 3 is 0.481 bits per heavy atom. The number of nitrogens with one attached hydrogen (secondary N) is 12. The van der Waals surface area contributed by atoms with E-state index in [1.807, 2.05) is 83.1 Å². The molecule has 0 rings (SSSR count). The van der Waals surface area contributed by atoms with Crippen molar-refractivity contribution in [3.8, 4) is 0 Å². The Balaban J connectivity index is 7.26. The molecule has 0 fully saturated rings. The van der Waals surface area contributed by atoms with Crippen LogP contribution in [0.3, 0.4) is 0 Å². The monoisotopic (exact) mass is 1510 g/mol. The number of hydrogen-bond acceptors (Lipinski definition) is 19. The molecule has 612 valence electrons. The Labute approximate surface area is 631 Å². The summed E-state index contributed by atoms with van der Waals surface area (Å²) in [6.07, 6.45) is 7.08. The summed E-state index contributed by atoms with van der Waals surface area (Å²) < 4.78 is 0. The van der Waals surface area contributed by atoms with Gasteiger partial charge in [0, 0.05) is 6.92 Å². The molecule has 32 nitrogen and oxygen atoms in total. The van der Waals surface area contributed by atoms with Crippen molar-refractivity contribution >= 4 is 76.8 Å². The molecule has 0 aliphatic heterocycles. The zero-order chi connectivity index (χ0) is 80.6. The molecule has 0 saturated carbocycles. The van der Waals surface area contributed by atoms with Gasteiger partial charge in [-0.1, -0.05) is 83.1 Å². The highest BCUT2D eigenvalue weighted by atomic mass is 16.2. The van der Waals surface area contributed by atoms with Gasteiger partial charge in [0.25, 0.3) is 0 Å². The van der Waals surface area contributed by atoms with E-state index >= 15 is 0 Å². The highest BCUT2D eigenvalue weighted by Crippen LogP contribution is 2.17. The minimum absolute atomic E-state index is 0.00886. The lowest BCUT2D eigenvalue weighted by Gasteiger charge is -2.30. The van der Waals surface area contributed by atoms with Crippen molar-refractivity contribution in [1.29, 1.82) is 0 Å². The molecular formula is C74H143N19O13. The van der Waals surface area contributed by atoms with Crippen LogP contribution >= 0.6 is 0 Å². The van der Waals surface area contributed by atoms with Crippen LogP contribution in [0.1, 0.15) is 244 Å². The predicted octanol–water partition coefficient (Wildman–Crippen LogP) is 0.360. The van der Waals surface area contributed by atoms with Crippen LogP contribution < -0.4 is 104 Å². The van der Waals surface area contributed by atoms with Gasteiger partial charge in [0.15, 0.2) is 0 Å². The molecule has 13 amide bonds. The smallest absolute Gasteiger partial charge is 0.243 e. The lowest BCUT2D eigenvalue weighted by atomic mass is 9.98. The van der Waals surface area contributed by atoms with E-state index in [0.717, 1.165) is 0 Å². The van der Waals surface area contributed by atoms with E-state index in [1.54, 1.807) is 0 Å². The van der Waals surface area contributed by atoms with Crippen molar-refractivity contribution in [2.75, 3.05) is 39.3 Å². The molecule has 0 bridgehead atoms. The van der Waals surface area contributed by atoms with Crippen LogP contribution in [0.15, 0.2) is 0 Å². The first-order valence-corrected chi connectivity index (χ1v) is 39.1. The minimum atomic E-state index is -1.29. The second-order valence-electron chi connectivity index (χ2n) is 30.8. The third-order valence-corrected chi connectivity index (χ3v) is 17.6. The zero-order valence-corrected chi connectivity index (χ0v) is 66.5. The lowest BCUT2D eigenvalue weighted by molar-refractivity contribution is -0.136. The molecule has 0 spiro atoms. The van der Waals surface area contributed by atoms with Gasteiger partial charge in [0.05, 0.1) is 0 Å². The van der Waals surface area contributed by atoms with E-state index in [9.17, 15) is 62.3 Å². The molecule has 0 unspecified atom stereocenters. The summed E-state index contributed by atoms with van der Waals surface area (Å²) in [5.74, 6) is -9.67.